The third kappa shape index (κ3) is 4.53. The molecule has 60 valence electrons. The molecule has 2 heteroatoms. The second kappa shape index (κ2) is 4.47. The molecule has 0 fully saturated rings. The Morgan fingerprint density at radius 1 is 1.40 bits per heavy atom. The van der Waals surface area contributed by atoms with Crippen LogP contribution in [0.4, 0.5) is 0 Å². The van der Waals surface area contributed by atoms with Gasteiger partial charge >= 0.3 is 0 Å². The third-order valence-corrected chi connectivity index (χ3v) is 1.22. The molecule has 0 aromatic heterocycles. The number of nitrogens with one attached hydrogen (secondary N) is 2. The molecule has 0 heterocycles. The summed E-state index contributed by atoms with van der Waals surface area (Å²) in [7, 11) is 1.88. The van der Waals surface area contributed by atoms with Gasteiger partial charge in [0.2, 0.25) is 0 Å². The molecule has 0 spiro atoms. The minimum absolute atomic E-state index is 0.0603. The second-order valence-electron chi connectivity index (χ2n) is 2.91. The van der Waals surface area contributed by atoms with Crippen molar-refractivity contribution in [1.82, 2.24) is 10.9 Å². The van der Waals surface area contributed by atoms with Crippen molar-refractivity contribution in [3.8, 4) is 0 Å². The molecule has 0 saturated carbocycles. The van der Waals surface area contributed by atoms with E-state index in [4.69, 9.17) is 0 Å². The lowest BCUT2D eigenvalue weighted by molar-refractivity contribution is 0.422. The highest BCUT2D eigenvalue weighted by Gasteiger charge is 2.09. The summed E-state index contributed by atoms with van der Waals surface area (Å²) in [5.41, 5.74) is 6.10. The summed E-state index contributed by atoms with van der Waals surface area (Å²) in [6, 6.07) is 0. The standard InChI is InChI=1S/C8H18N2/c1-5-6-7-8(2,3)10-9-4/h6-7,9-10H,5H2,1-4H3/b7-6-. The fourth-order valence-electron chi connectivity index (χ4n) is 0.776. The number of hydrogen-bond donors (Lipinski definition) is 2. The lowest BCUT2D eigenvalue weighted by Gasteiger charge is -2.21. The van der Waals surface area contributed by atoms with Gasteiger partial charge in [0.1, 0.15) is 0 Å². The van der Waals surface area contributed by atoms with Crippen LogP contribution in [-0.2, 0) is 0 Å². The monoisotopic (exact) mass is 142 g/mol. The van der Waals surface area contributed by atoms with Gasteiger partial charge in [-0.25, -0.2) is 5.43 Å². The Balaban J connectivity index is 3.73. The van der Waals surface area contributed by atoms with E-state index in [-0.39, 0.29) is 5.54 Å². The van der Waals surface area contributed by atoms with Gasteiger partial charge in [-0.15, -0.1) is 0 Å². The SMILES string of the molecule is CC/C=C\C(C)(C)NNC. The summed E-state index contributed by atoms with van der Waals surface area (Å²) in [5, 5.41) is 0. The Bertz CT molecular complexity index is 106. The van der Waals surface area contributed by atoms with Gasteiger partial charge in [-0.3, -0.25) is 5.43 Å². The van der Waals surface area contributed by atoms with Crippen molar-refractivity contribution < 1.29 is 0 Å². The average molecular weight is 142 g/mol. The summed E-state index contributed by atoms with van der Waals surface area (Å²) in [6.07, 6.45) is 5.41. The Kier molecular flexibility index (Phi) is 4.32. The van der Waals surface area contributed by atoms with E-state index >= 15 is 0 Å². The minimum Gasteiger partial charge on any atom is -0.260 e. The molecule has 0 aliphatic heterocycles. The van der Waals surface area contributed by atoms with Crippen LogP contribution in [0.1, 0.15) is 27.2 Å². The maximum atomic E-state index is 3.12. The van der Waals surface area contributed by atoms with E-state index in [1.165, 1.54) is 0 Å². The van der Waals surface area contributed by atoms with E-state index in [2.05, 4.69) is 43.8 Å². The molecule has 0 aliphatic carbocycles. The minimum atomic E-state index is 0.0603. The van der Waals surface area contributed by atoms with Gasteiger partial charge in [-0.1, -0.05) is 19.1 Å². The van der Waals surface area contributed by atoms with Gasteiger partial charge in [0.25, 0.3) is 0 Å². The zero-order valence-electron chi connectivity index (χ0n) is 7.36. The van der Waals surface area contributed by atoms with Gasteiger partial charge in [-0.2, -0.15) is 0 Å². The van der Waals surface area contributed by atoms with Gasteiger partial charge in [0.05, 0.1) is 0 Å². The fraction of sp³-hybridized carbons (Fsp3) is 0.750. The van der Waals surface area contributed by atoms with E-state index in [1.807, 2.05) is 7.05 Å². The molecule has 0 aromatic carbocycles. The summed E-state index contributed by atoms with van der Waals surface area (Å²) in [6.45, 7) is 6.37. The van der Waals surface area contributed by atoms with Crippen molar-refractivity contribution in [2.24, 2.45) is 0 Å². The van der Waals surface area contributed by atoms with Crippen LogP contribution in [0, 0.1) is 0 Å². The van der Waals surface area contributed by atoms with Crippen LogP contribution in [0.3, 0.4) is 0 Å². The highest BCUT2D eigenvalue weighted by atomic mass is 15.4. The lowest BCUT2D eigenvalue weighted by atomic mass is 10.1. The first-order chi connectivity index (χ1) is 4.62. The van der Waals surface area contributed by atoms with Crippen LogP contribution in [0.25, 0.3) is 0 Å². The fourth-order valence-corrected chi connectivity index (χ4v) is 0.776. The van der Waals surface area contributed by atoms with Crippen LogP contribution in [0.2, 0.25) is 0 Å². The normalized spacial score (nSPS) is 12.8. The zero-order chi connectivity index (χ0) is 8.04. The van der Waals surface area contributed by atoms with Gasteiger partial charge < -0.3 is 0 Å². The smallest absolute Gasteiger partial charge is 0.0446 e. The topological polar surface area (TPSA) is 24.1 Å². The second-order valence-corrected chi connectivity index (χ2v) is 2.91. The maximum Gasteiger partial charge on any atom is 0.0446 e. The zero-order valence-corrected chi connectivity index (χ0v) is 7.36. The van der Waals surface area contributed by atoms with Gasteiger partial charge in [0, 0.05) is 5.54 Å². The van der Waals surface area contributed by atoms with E-state index in [1.54, 1.807) is 0 Å². The van der Waals surface area contributed by atoms with Crippen molar-refractivity contribution in [3.05, 3.63) is 12.2 Å². The first-order valence-corrected chi connectivity index (χ1v) is 3.74. The molecule has 0 unspecified atom stereocenters. The van der Waals surface area contributed by atoms with Crippen molar-refractivity contribution in [3.63, 3.8) is 0 Å². The molecule has 2 N–H and O–H groups in total. The molecule has 0 saturated heterocycles. The molecule has 0 aromatic rings. The molecule has 0 bridgehead atoms. The summed E-state index contributed by atoms with van der Waals surface area (Å²) in [5.74, 6) is 0. The molecule has 10 heavy (non-hydrogen) atoms. The maximum absolute atomic E-state index is 3.12. The number of hydrogen-bond acceptors (Lipinski definition) is 2. The molecule has 0 atom stereocenters. The van der Waals surface area contributed by atoms with Crippen LogP contribution in [-0.4, -0.2) is 12.6 Å². The van der Waals surface area contributed by atoms with Crippen LogP contribution in [0.15, 0.2) is 12.2 Å². The van der Waals surface area contributed by atoms with E-state index < -0.39 is 0 Å². The highest BCUT2D eigenvalue weighted by molar-refractivity contribution is 4.99. The Labute approximate surface area is 63.7 Å². The predicted octanol–water partition coefficient (Wildman–Crippen LogP) is 1.46. The molecule has 0 aliphatic rings. The molecule has 0 radical (unpaired) electrons. The average Bonchev–Trinajstić information content (AvgIpc) is 1.84. The van der Waals surface area contributed by atoms with Gasteiger partial charge in [-0.05, 0) is 27.3 Å². The van der Waals surface area contributed by atoms with Crippen LogP contribution in [0.5, 0.6) is 0 Å². The van der Waals surface area contributed by atoms with Crippen molar-refractivity contribution in [2.45, 2.75) is 32.7 Å². The first kappa shape index (κ1) is 9.66. The third-order valence-electron chi connectivity index (χ3n) is 1.22. The Hall–Kier alpha value is -0.340. The highest BCUT2D eigenvalue weighted by Crippen LogP contribution is 2.02. The van der Waals surface area contributed by atoms with Crippen molar-refractivity contribution in [2.75, 3.05) is 7.05 Å². The molecular weight excluding hydrogens is 124 g/mol. The number of allylic oxidation sites excluding steroid dienone is 1. The number of rotatable bonds is 4. The van der Waals surface area contributed by atoms with Crippen LogP contribution >= 0.6 is 0 Å². The van der Waals surface area contributed by atoms with E-state index in [0.717, 1.165) is 6.42 Å². The van der Waals surface area contributed by atoms with Gasteiger partial charge in [0.15, 0.2) is 0 Å². The quantitative estimate of drug-likeness (QED) is 0.458. The number of hydrazine groups is 1. The molecule has 0 rings (SSSR count). The predicted molar refractivity (Wildman–Crippen MR) is 45.7 cm³/mol. The molecular formula is C8H18N2. The Morgan fingerprint density at radius 3 is 2.40 bits per heavy atom. The summed E-state index contributed by atoms with van der Waals surface area (Å²) >= 11 is 0. The van der Waals surface area contributed by atoms with Crippen molar-refractivity contribution >= 4 is 0 Å². The summed E-state index contributed by atoms with van der Waals surface area (Å²) < 4.78 is 0. The molecule has 0 amide bonds. The van der Waals surface area contributed by atoms with E-state index in [9.17, 15) is 0 Å². The largest absolute Gasteiger partial charge is 0.260 e. The van der Waals surface area contributed by atoms with E-state index in [0.29, 0.717) is 0 Å². The summed E-state index contributed by atoms with van der Waals surface area (Å²) in [4.78, 5) is 0. The van der Waals surface area contributed by atoms with Crippen molar-refractivity contribution in [1.29, 1.82) is 0 Å². The van der Waals surface area contributed by atoms with Crippen LogP contribution < -0.4 is 10.9 Å². The lowest BCUT2D eigenvalue weighted by Crippen LogP contribution is -2.44. The molecule has 2 nitrogen and oxygen atoms in total. The Morgan fingerprint density at radius 2 is 2.00 bits per heavy atom. The first-order valence-electron chi connectivity index (χ1n) is 3.74.